The number of hydrogen-bond donors (Lipinski definition) is 1. The number of nitrogens with zero attached hydrogens (tertiary/aromatic N) is 1. The number of rotatable bonds is 10. The van der Waals surface area contributed by atoms with Crippen LogP contribution in [0.2, 0.25) is 0 Å². The average Bonchev–Trinajstić information content (AvgIpc) is 2.21. The summed E-state index contributed by atoms with van der Waals surface area (Å²) in [7, 11) is 4.19. The Hall–Kier alpha value is -0.120. The van der Waals surface area contributed by atoms with Crippen LogP contribution in [0.5, 0.6) is 0 Å². The van der Waals surface area contributed by atoms with E-state index in [0.717, 1.165) is 39.1 Å². The molecule has 1 N–H and O–H groups in total. The van der Waals surface area contributed by atoms with Gasteiger partial charge in [0.05, 0.1) is 6.10 Å². The first-order valence-electron chi connectivity index (χ1n) is 6.17. The Balaban J connectivity index is 3.35. The zero-order valence-corrected chi connectivity index (χ0v) is 10.9. The Morgan fingerprint density at radius 3 is 2.53 bits per heavy atom. The quantitative estimate of drug-likeness (QED) is 0.563. The Labute approximate surface area is 95.2 Å². The van der Waals surface area contributed by atoms with Gasteiger partial charge in [-0.3, -0.25) is 0 Å². The van der Waals surface area contributed by atoms with Crippen LogP contribution < -0.4 is 5.32 Å². The first kappa shape index (κ1) is 14.9. The molecule has 92 valence electrons. The molecule has 0 aliphatic carbocycles. The second-order valence-electron chi connectivity index (χ2n) is 4.26. The molecule has 0 aromatic rings. The van der Waals surface area contributed by atoms with Gasteiger partial charge < -0.3 is 15.0 Å². The van der Waals surface area contributed by atoms with Gasteiger partial charge in [0.1, 0.15) is 0 Å². The van der Waals surface area contributed by atoms with Gasteiger partial charge in [0.15, 0.2) is 0 Å². The van der Waals surface area contributed by atoms with Crippen LogP contribution in [0.3, 0.4) is 0 Å². The first-order chi connectivity index (χ1) is 7.20. The van der Waals surface area contributed by atoms with Gasteiger partial charge >= 0.3 is 0 Å². The SMILES string of the molecule is CCCNCC(CC)OCCCN(C)C. The lowest BCUT2D eigenvalue weighted by Gasteiger charge is -2.17. The molecule has 3 nitrogen and oxygen atoms in total. The molecular formula is C12H28N2O. The van der Waals surface area contributed by atoms with Crippen molar-refractivity contribution in [2.75, 3.05) is 40.3 Å². The van der Waals surface area contributed by atoms with E-state index in [0.29, 0.717) is 6.10 Å². The lowest BCUT2D eigenvalue weighted by atomic mass is 10.2. The highest BCUT2D eigenvalue weighted by atomic mass is 16.5. The maximum Gasteiger partial charge on any atom is 0.0696 e. The molecule has 0 heterocycles. The second kappa shape index (κ2) is 10.4. The van der Waals surface area contributed by atoms with Gasteiger partial charge in [-0.2, -0.15) is 0 Å². The molecule has 0 aliphatic rings. The number of nitrogens with one attached hydrogen (secondary N) is 1. The molecule has 0 aromatic carbocycles. The van der Waals surface area contributed by atoms with Crippen LogP contribution in [-0.2, 0) is 4.74 Å². The monoisotopic (exact) mass is 216 g/mol. The summed E-state index contributed by atoms with van der Waals surface area (Å²) in [5.41, 5.74) is 0. The summed E-state index contributed by atoms with van der Waals surface area (Å²) in [6.07, 6.45) is 3.80. The third kappa shape index (κ3) is 10.2. The molecule has 0 rings (SSSR count). The van der Waals surface area contributed by atoms with E-state index in [4.69, 9.17) is 4.74 Å². The number of hydrogen-bond acceptors (Lipinski definition) is 3. The molecule has 0 radical (unpaired) electrons. The minimum absolute atomic E-state index is 0.388. The first-order valence-corrected chi connectivity index (χ1v) is 6.17. The lowest BCUT2D eigenvalue weighted by Crippen LogP contribution is -2.30. The highest BCUT2D eigenvalue weighted by Crippen LogP contribution is 1.98. The van der Waals surface area contributed by atoms with E-state index in [1.165, 1.54) is 6.42 Å². The third-order valence-corrected chi connectivity index (χ3v) is 2.36. The van der Waals surface area contributed by atoms with E-state index in [-0.39, 0.29) is 0 Å². The van der Waals surface area contributed by atoms with Gasteiger partial charge in [-0.05, 0) is 46.4 Å². The van der Waals surface area contributed by atoms with Crippen molar-refractivity contribution in [1.82, 2.24) is 10.2 Å². The van der Waals surface area contributed by atoms with E-state index >= 15 is 0 Å². The number of ether oxygens (including phenoxy) is 1. The van der Waals surface area contributed by atoms with E-state index < -0.39 is 0 Å². The van der Waals surface area contributed by atoms with Crippen LogP contribution in [-0.4, -0.2) is 51.3 Å². The maximum absolute atomic E-state index is 5.80. The van der Waals surface area contributed by atoms with Crippen molar-refractivity contribution in [1.29, 1.82) is 0 Å². The van der Waals surface area contributed by atoms with Gasteiger partial charge in [-0.25, -0.2) is 0 Å². The zero-order valence-electron chi connectivity index (χ0n) is 10.9. The molecule has 0 bridgehead atoms. The van der Waals surface area contributed by atoms with Crippen molar-refractivity contribution in [2.24, 2.45) is 0 Å². The summed E-state index contributed by atoms with van der Waals surface area (Å²) < 4.78 is 5.80. The van der Waals surface area contributed by atoms with Crippen LogP contribution in [0.15, 0.2) is 0 Å². The van der Waals surface area contributed by atoms with Gasteiger partial charge in [-0.1, -0.05) is 13.8 Å². The van der Waals surface area contributed by atoms with Gasteiger partial charge in [-0.15, -0.1) is 0 Å². The van der Waals surface area contributed by atoms with Crippen LogP contribution in [0.1, 0.15) is 33.1 Å². The van der Waals surface area contributed by atoms with Crippen molar-refractivity contribution < 1.29 is 4.74 Å². The van der Waals surface area contributed by atoms with Crippen molar-refractivity contribution in [3.8, 4) is 0 Å². The normalized spacial score (nSPS) is 13.4. The van der Waals surface area contributed by atoms with Crippen LogP contribution in [0.25, 0.3) is 0 Å². The van der Waals surface area contributed by atoms with E-state index in [9.17, 15) is 0 Å². The fourth-order valence-corrected chi connectivity index (χ4v) is 1.39. The molecule has 15 heavy (non-hydrogen) atoms. The molecule has 0 aliphatic heterocycles. The highest BCUT2D eigenvalue weighted by molar-refractivity contribution is 4.59. The summed E-state index contributed by atoms with van der Waals surface area (Å²) >= 11 is 0. The van der Waals surface area contributed by atoms with Crippen LogP contribution in [0, 0.1) is 0 Å². The molecule has 3 heteroatoms. The smallest absolute Gasteiger partial charge is 0.0696 e. The molecule has 1 atom stereocenters. The minimum Gasteiger partial charge on any atom is -0.377 e. The van der Waals surface area contributed by atoms with Crippen molar-refractivity contribution in [2.45, 2.75) is 39.2 Å². The highest BCUT2D eigenvalue weighted by Gasteiger charge is 2.05. The Morgan fingerprint density at radius 1 is 1.27 bits per heavy atom. The molecule has 1 unspecified atom stereocenters. The van der Waals surface area contributed by atoms with Gasteiger partial charge in [0.2, 0.25) is 0 Å². The standard InChI is InChI=1S/C12H28N2O/c1-5-8-13-11-12(6-2)15-10-7-9-14(3)4/h12-13H,5-11H2,1-4H3. The second-order valence-corrected chi connectivity index (χ2v) is 4.26. The Kier molecular flexibility index (Phi) is 10.3. The fraction of sp³-hybridized carbons (Fsp3) is 1.00. The average molecular weight is 216 g/mol. The van der Waals surface area contributed by atoms with Gasteiger partial charge in [0, 0.05) is 13.2 Å². The molecule has 0 aromatic heterocycles. The van der Waals surface area contributed by atoms with Crippen molar-refractivity contribution >= 4 is 0 Å². The molecular weight excluding hydrogens is 188 g/mol. The molecule has 0 spiro atoms. The van der Waals surface area contributed by atoms with Crippen molar-refractivity contribution in [3.63, 3.8) is 0 Å². The summed E-state index contributed by atoms with van der Waals surface area (Å²) in [5, 5.41) is 3.40. The third-order valence-electron chi connectivity index (χ3n) is 2.36. The minimum atomic E-state index is 0.388. The molecule has 0 fully saturated rings. The van der Waals surface area contributed by atoms with Gasteiger partial charge in [0.25, 0.3) is 0 Å². The summed E-state index contributed by atoms with van der Waals surface area (Å²) in [6, 6.07) is 0. The summed E-state index contributed by atoms with van der Waals surface area (Å²) in [6.45, 7) is 8.45. The summed E-state index contributed by atoms with van der Waals surface area (Å²) in [5.74, 6) is 0. The van der Waals surface area contributed by atoms with Crippen LogP contribution >= 0.6 is 0 Å². The molecule has 0 amide bonds. The lowest BCUT2D eigenvalue weighted by molar-refractivity contribution is 0.0466. The summed E-state index contributed by atoms with van der Waals surface area (Å²) in [4.78, 5) is 2.19. The molecule has 0 saturated carbocycles. The topological polar surface area (TPSA) is 24.5 Å². The zero-order chi connectivity index (χ0) is 11.5. The van der Waals surface area contributed by atoms with Crippen molar-refractivity contribution in [3.05, 3.63) is 0 Å². The van der Waals surface area contributed by atoms with E-state index in [1.807, 2.05) is 0 Å². The largest absolute Gasteiger partial charge is 0.377 e. The van der Waals surface area contributed by atoms with Crippen LogP contribution in [0.4, 0.5) is 0 Å². The fourth-order valence-electron chi connectivity index (χ4n) is 1.39. The Bertz CT molecular complexity index is 129. The Morgan fingerprint density at radius 2 is 2.00 bits per heavy atom. The predicted molar refractivity (Wildman–Crippen MR) is 66.4 cm³/mol. The van der Waals surface area contributed by atoms with E-state index in [1.54, 1.807) is 0 Å². The van der Waals surface area contributed by atoms with E-state index in [2.05, 4.69) is 38.2 Å². The predicted octanol–water partition coefficient (Wildman–Crippen LogP) is 1.73. The maximum atomic E-state index is 5.80. The molecule has 0 saturated heterocycles.